The maximum Gasteiger partial charge on any atom is 0.303 e. The number of aryl methyl sites for hydroxylation is 2. The molecule has 0 N–H and O–H groups in total. The van der Waals surface area contributed by atoms with Gasteiger partial charge in [0.1, 0.15) is 17.2 Å². The minimum Gasteiger partial charge on any atom is -0.258 e. The Morgan fingerprint density at radius 2 is 1.86 bits per heavy atom. The summed E-state index contributed by atoms with van der Waals surface area (Å²) in [5, 5.41) is 18.3. The largest absolute Gasteiger partial charge is 0.303 e. The van der Waals surface area contributed by atoms with Gasteiger partial charge in [0.05, 0.1) is 4.92 Å². The van der Waals surface area contributed by atoms with Crippen LogP contribution in [0.4, 0.5) is 14.5 Å². The van der Waals surface area contributed by atoms with Crippen molar-refractivity contribution in [3.05, 3.63) is 63.2 Å². The number of fused-ring (bicyclic) bond motifs is 1. The van der Waals surface area contributed by atoms with E-state index in [1.54, 1.807) is 0 Å². The van der Waals surface area contributed by atoms with Crippen LogP contribution >= 0.6 is 0 Å². The number of aromatic nitrogens is 2. The molecule has 22 heavy (non-hydrogen) atoms. The lowest BCUT2D eigenvalue weighted by molar-refractivity contribution is -0.384. The monoisotopic (exact) mass is 305 g/mol. The van der Waals surface area contributed by atoms with Crippen LogP contribution in [-0.4, -0.2) is 15.2 Å². The van der Waals surface area contributed by atoms with Crippen molar-refractivity contribution in [2.75, 3.05) is 0 Å². The number of benzene rings is 2. The standard InChI is InChI=1S/C14H9F2N3O3/c15-10-4-5-11(16)9(7-10)2-1-8-3-6-12-13(18-22-17-12)14(8)19(20)21/h3-7H,1-2H2. The Morgan fingerprint density at radius 1 is 1.09 bits per heavy atom. The van der Waals surface area contributed by atoms with E-state index in [4.69, 9.17) is 0 Å². The Hall–Kier alpha value is -2.90. The van der Waals surface area contributed by atoms with Gasteiger partial charge in [0.2, 0.25) is 5.52 Å². The summed E-state index contributed by atoms with van der Waals surface area (Å²) in [6.07, 6.45) is 0.292. The van der Waals surface area contributed by atoms with Crippen molar-refractivity contribution < 1.29 is 18.3 Å². The molecule has 0 atom stereocenters. The van der Waals surface area contributed by atoms with E-state index >= 15 is 0 Å². The average molecular weight is 305 g/mol. The second kappa shape index (κ2) is 5.47. The summed E-state index contributed by atoms with van der Waals surface area (Å²) in [6, 6.07) is 6.19. The Kier molecular flexibility index (Phi) is 3.50. The molecule has 1 aromatic heterocycles. The molecule has 3 rings (SSSR count). The molecule has 0 fully saturated rings. The molecule has 0 aliphatic heterocycles. The van der Waals surface area contributed by atoms with Crippen LogP contribution in [0.1, 0.15) is 11.1 Å². The van der Waals surface area contributed by atoms with Gasteiger partial charge in [0, 0.05) is 5.56 Å². The van der Waals surface area contributed by atoms with Crippen molar-refractivity contribution in [1.82, 2.24) is 10.3 Å². The highest BCUT2D eigenvalue weighted by molar-refractivity contribution is 5.84. The number of nitrogens with zero attached hydrogens (tertiary/aromatic N) is 3. The second-order valence-corrected chi connectivity index (χ2v) is 4.70. The Labute approximate surface area is 122 Å². The van der Waals surface area contributed by atoms with Crippen molar-refractivity contribution in [3.63, 3.8) is 0 Å². The molecule has 1 heterocycles. The van der Waals surface area contributed by atoms with Crippen LogP contribution < -0.4 is 0 Å². The van der Waals surface area contributed by atoms with Gasteiger partial charge < -0.3 is 0 Å². The smallest absolute Gasteiger partial charge is 0.258 e. The molecule has 2 aromatic carbocycles. The molecule has 0 saturated carbocycles. The topological polar surface area (TPSA) is 82.1 Å². The molecule has 6 nitrogen and oxygen atoms in total. The third-order valence-electron chi connectivity index (χ3n) is 3.34. The molecule has 0 saturated heterocycles. The van der Waals surface area contributed by atoms with Gasteiger partial charge in [-0.15, -0.1) is 0 Å². The molecule has 112 valence electrons. The number of rotatable bonds is 4. The Morgan fingerprint density at radius 3 is 2.64 bits per heavy atom. The predicted octanol–water partition coefficient (Wildman–Crippen LogP) is 3.19. The van der Waals surface area contributed by atoms with Gasteiger partial charge in [0.15, 0.2) is 0 Å². The molecule has 3 aromatic rings. The SMILES string of the molecule is O=[N+]([O-])c1c(CCc2cc(F)ccc2F)ccc2nonc12. The van der Waals surface area contributed by atoms with E-state index in [1.807, 2.05) is 0 Å². The number of hydrogen-bond acceptors (Lipinski definition) is 5. The molecule has 0 amide bonds. The first-order valence-electron chi connectivity index (χ1n) is 6.38. The van der Waals surface area contributed by atoms with Crippen LogP contribution in [0.2, 0.25) is 0 Å². The number of nitro groups is 1. The third kappa shape index (κ3) is 2.50. The van der Waals surface area contributed by atoms with Gasteiger partial charge in [-0.3, -0.25) is 10.1 Å². The van der Waals surface area contributed by atoms with Gasteiger partial charge >= 0.3 is 5.69 Å². The lowest BCUT2D eigenvalue weighted by Crippen LogP contribution is -2.01. The summed E-state index contributed by atoms with van der Waals surface area (Å²) >= 11 is 0. The summed E-state index contributed by atoms with van der Waals surface area (Å²) in [5.74, 6) is -1.10. The fraction of sp³-hybridized carbons (Fsp3) is 0.143. The van der Waals surface area contributed by atoms with Gasteiger partial charge in [-0.2, -0.15) is 0 Å². The van der Waals surface area contributed by atoms with Gasteiger partial charge in [0.25, 0.3) is 0 Å². The fourth-order valence-corrected chi connectivity index (χ4v) is 2.29. The molecule has 0 aliphatic carbocycles. The Balaban J connectivity index is 1.95. The summed E-state index contributed by atoms with van der Waals surface area (Å²) in [7, 11) is 0. The van der Waals surface area contributed by atoms with E-state index in [1.165, 1.54) is 12.1 Å². The minimum absolute atomic E-state index is 0.0437. The average Bonchev–Trinajstić information content (AvgIpc) is 2.95. The highest BCUT2D eigenvalue weighted by Gasteiger charge is 2.22. The van der Waals surface area contributed by atoms with Crippen LogP contribution in [0, 0.1) is 21.7 Å². The quantitative estimate of drug-likeness (QED) is 0.546. The number of halogens is 2. The third-order valence-corrected chi connectivity index (χ3v) is 3.34. The zero-order chi connectivity index (χ0) is 15.7. The van der Waals surface area contributed by atoms with Crippen LogP contribution in [0.3, 0.4) is 0 Å². The minimum atomic E-state index is -0.580. The first-order chi connectivity index (χ1) is 10.6. The highest BCUT2D eigenvalue weighted by atomic mass is 19.1. The van der Waals surface area contributed by atoms with E-state index in [9.17, 15) is 18.9 Å². The van der Waals surface area contributed by atoms with E-state index in [0.717, 1.165) is 18.2 Å². The lowest BCUT2D eigenvalue weighted by atomic mass is 10.0. The molecular weight excluding hydrogens is 296 g/mol. The second-order valence-electron chi connectivity index (χ2n) is 4.70. The number of hydrogen-bond donors (Lipinski definition) is 0. The van der Waals surface area contributed by atoms with Crippen LogP contribution in [0.5, 0.6) is 0 Å². The van der Waals surface area contributed by atoms with Crippen LogP contribution in [0.15, 0.2) is 35.0 Å². The van der Waals surface area contributed by atoms with Gasteiger partial charge in [-0.25, -0.2) is 13.4 Å². The Bertz CT molecular complexity index is 864. The summed E-state index contributed by atoms with van der Waals surface area (Å²) in [4.78, 5) is 10.6. The lowest BCUT2D eigenvalue weighted by Gasteiger charge is -2.05. The van der Waals surface area contributed by atoms with Crippen molar-refractivity contribution in [2.24, 2.45) is 0 Å². The van der Waals surface area contributed by atoms with E-state index in [-0.39, 0.29) is 35.1 Å². The van der Waals surface area contributed by atoms with E-state index < -0.39 is 16.6 Å². The van der Waals surface area contributed by atoms with Crippen molar-refractivity contribution in [3.8, 4) is 0 Å². The first kappa shape index (κ1) is 14.1. The molecule has 0 bridgehead atoms. The molecule has 0 unspecified atom stereocenters. The summed E-state index contributed by atoms with van der Waals surface area (Å²) in [6.45, 7) is 0. The van der Waals surface area contributed by atoms with Crippen LogP contribution in [-0.2, 0) is 12.8 Å². The van der Waals surface area contributed by atoms with E-state index in [0.29, 0.717) is 5.56 Å². The van der Waals surface area contributed by atoms with Gasteiger partial charge in [-0.05, 0) is 59.1 Å². The summed E-state index contributed by atoms with van der Waals surface area (Å²) < 4.78 is 31.2. The summed E-state index contributed by atoms with van der Waals surface area (Å²) in [5.41, 5.74) is 0.606. The fourth-order valence-electron chi connectivity index (χ4n) is 2.29. The zero-order valence-corrected chi connectivity index (χ0v) is 11.1. The van der Waals surface area contributed by atoms with Crippen molar-refractivity contribution >= 4 is 16.7 Å². The maximum absolute atomic E-state index is 13.6. The van der Waals surface area contributed by atoms with E-state index in [2.05, 4.69) is 14.9 Å². The highest BCUT2D eigenvalue weighted by Crippen LogP contribution is 2.28. The molecular formula is C14H9F2N3O3. The van der Waals surface area contributed by atoms with Crippen molar-refractivity contribution in [2.45, 2.75) is 12.8 Å². The number of nitro benzene ring substituents is 1. The van der Waals surface area contributed by atoms with Crippen molar-refractivity contribution in [1.29, 1.82) is 0 Å². The molecule has 8 heteroatoms. The maximum atomic E-state index is 13.6. The predicted molar refractivity (Wildman–Crippen MR) is 72.2 cm³/mol. The first-order valence-corrected chi connectivity index (χ1v) is 6.38. The molecule has 0 spiro atoms. The van der Waals surface area contributed by atoms with Gasteiger partial charge in [-0.1, -0.05) is 0 Å². The zero-order valence-electron chi connectivity index (χ0n) is 11.1. The molecule has 0 radical (unpaired) electrons. The van der Waals surface area contributed by atoms with Crippen LogP contribution in [0.25, 0.3) is 11.0 Å². The normalized spacial score (nSPS) is 11.0. The molecule has 0 aliphatic rings.